The van der Waals surface area contributed by atoms with Crippen LogP contribution in [0.1, 0.15) is 25.3 Å². The molecule has 1 saturated carbocycles. The molecule has 2 aliphatic rings. The Bertz CT molecular complexity index is 720. The number of aromatic nitrogens is 4. The number of aliphatic hydroxyl groups excluding tert-OH is 1. The van der Waals surface area contributed by atoms with Crippen LogP contribution in [-0.2, 0) is 0 Å². The molecule has 1 fully saturated rings. The van der Waals surface area contributed by atoms with Crippen molar-refractivity contribution in [3.8, 4) is 0 Å². The summed E-state index contributed by atoms with van der Waals surface area (Å²) in [7, 11) is 0. The van der Waals surface area contributed by atoms with Crippen LogP contribution < -0.4 is 11.1 Å². The fourth-order valence-electron chi connectivity index (χ4n) is 2.96. The second-order valence-corrected chi connectivity index (χ2v) is 6.21. The average molecular weight is 300 g/mol. The van der Waals surface area contributed by atoms with Crippen molar-refractivity contribution in [3.05, 3.63) is 18.5 Å². The number of hydrogen-bond acceptors (Lipinski definition) is 6. The number of aliphatic hydroxyl groups is 1. The number of rotatable bonds is 5. The predicted octanol–water partition coefficient (Wildman–Crippen LogP) is 1.34. The minimum absolute atomic E-state index is 0.160. The molecule has 2 aromatic heterocycles. The van der Waals surface area contributed by atoms with Crippen LogP contribution in [0.4, 0.5) is 11.8 Å². The van der Waals surface area contributed by atoms with Gasteiger partial charge >= 0.3 is 0 Å². The highest BCUT2D eigenvalue weighted by Gasteiger charge is 2.24. The van der Waals surface area contributed by atoms with Gasteiger partial charge in [-0.1, -0.05) is 12.2 Å². The first-order chi connectivity index (χ1) is 10.7. The maximum atomic E-state index is 9.28. The molecule has 0 aromatic carbocycles. The van der Waals surface area contributed by atoms with Gasteiger partial charge in [0.1, 0.15) is 0 Å². The van der Waals surface area contributed by atoms with E-state index in [1.54, 1.807) is 6.33 Å². The van der Waals surface area contributed by atoms with Crippen molar-refractivity contribution in [2.75, 3.05) is 24.2 Å². The molecule has 1 unspecified atom stereocenters. The van der Waals surface area contributed by atoms with Gasteiger partial charge < -0.3 is 20.7 Å². The molecule has 0 spiro atoms. The standard InChI is InChI=1S/C15H20N6O/c16-15-19-13(17-6-9-1-2-9)12-14(20-15)21(8-18-12)11-4-3-10(5-11)7-22/h3-4,8-11,22H,1-2,5-7H2,(H3,16,17,19,20)/t10-,11?/m1/s1. The van der Waals surface area contributed by atoms with E-state index >= 15 is 0 Å². The summed E-state index contributed by atoms with van der Waals surface area (Å²) in [5.74, 6) is 1.92. The van der Waals surface area contributed by atoms with Gasteiger partial charge in [0.25, 0.3) is 0 Å². The number of nitrogens with zero attached hydrogens (tertiary/aromatic N) is 4. The number of nitrogens with two attached hydrogens (primary N) is 1. The van der Waals surface area contributed by atoms with Crippen LogP contribution >= 0.6 is 0 Å². The summed E-state index contributed by atoms with van der Waals surface area (Å²) in [6.07, 6.45) is 9.35. The number of nitrogens with one attached hydrogen (secondary N) is 1. The van der Waals surface area contributed by atoms with Crippen LogP contribution in [0.15, 0.2) is 18.5 Å². The summed E-state index contributed by atoms with van der Waals surface area (Å²) >= 11 is 0. The average Bonchev–Trinajstić information content (AvgIpc) is 3.05. The molecule has 7 heteroatoms. The third kappa shape index (κ3) is 2.41. The van der Waals surface area contributed by atoms with Gasteiger partial charge in [-0.25, -0.2) is 4.98 Å². The second-order valence-electron chi connectivity index (χ2n) is 6.21. The third-order valence-corrected chi connectivity index (χ3v) is 4.44. The maximum Gasteiger partial charge on any atom is 0.224 e. The Balaban J connectivity index is 1.67. The quantitative estimate of drug-likeness (QED) is 0.720. The smallest absolute Gasteiger partial charge is 0.224 e. The topological polar surface area (TPSA) is 102 Å². The molecule has 0 amide bonds. The summed E-state index contributed by atoms with van der Waals surface area (Å²) in [6, 6.07) is 0.160. The highest BCUT2D eigenvalue weighted by molar-refractivity contribution is 5.84. The van der Waals surface area contributed by atoms with Crippen LogP contribution in [0, 0.1) is 11.8 Å². The first-order valence-electron chi connectivity index (χ1n) is 7.77. The molecule has 2 aromatic rings. The van der Waals surface area contributed by atoms with Gasteiger partial charge in [0.05, 0.1) is 12.4 Å². The Morgan fingerprint density at radius 2 is 2.18 bits per heavy atom. The van der Waals surface area contributed by atoms with E-state index in [0.29, 0.717) is 5.82 Å². The molecule has 7 nitrogen and oxygen atoms in total. The number of fused-ring (bicyclic) bond motifs is 1. The van der Waals surface area contributed by atoms with Crippen LogP contribution in [0.2, 0.25) is 0 Å². The van der Waals surface area contributed by atoms with Gasteiger partial charge in [-0.2, -0.15) is 9.97 Å². The lowest BCUT2D eigenvalue weighted by atomic mass is 10.1. The van der Waals surface area contributed by atoms with E-state index in [9.17, 15) is 5.11 Å². The predicted molar refractivity (Wildman–Crippen MR) is 84.3 cm³/mol. The maximum absolute atomic E-state index is 9.28. The van der Waals surface area contributed by atoms with E-state index in [0.717, 1.165) is 30.0 Å². The Hall–Kier alpha value is -2.15. The van der Waals surface area contributed by atoms with Crippen LogP contribution in [0.3, 0.4) is 0 Å². The molecule has 4 N–H and O–H groups in total. The SMILES string of the molecule is Nc1nc(NCC2CC2)c2ncn(C3C=C[C@@H](CO)C3)c2n1. The van der Waals surface area contributed by atoms with E-state index in [1.807, 2.05) is 10.6 Å². The van der Waals surface area contributed by atoms with Gasteiger partial charge in [-0.15, -0.1) is 0 Å². The zero-order valence-corrected chi connectivity index (χ0v) is 12.3. The molecule has 116 valence electrons. The molecular formula is C15H20N6O. The number of hydrogen-bond donors (Lipinski definition) is 3. The van der Waals surface area contributed by atoms with Gasteiger partial charge in [0.15, 0.2) is 17.0 Å². The number of imidazole rings is 1. The van der Waals surface area contributed by atoms with Gasteiger partial charge in [0.2, 0.25) is 5.95 Å². The normalized spacial score (nSPS) is 24.2. The van der Waals surface area contributed by atoms with Crippen molar-refractivity contribution in [2.24, 2.45) is 11.8 Å². The molecule has 0 radical (unpaired) electrons. The molecule has 2 aliphatic carbocycles. The van der Waals surface area contributed by atoms with Crippen molar-refractivity contribution >= 4 is 22.9 Å². The number of allylic oxidation sites excluding steroid dienone is 1. The van der Waals surface area contributed by atoms with E-state index in [-0.39, 0.29) is 24.5 Å². The van der Waals surface area contributed by atoms with Gasteiger partial charge in [-0.3, -0.25) is 0 Å². The van der Waals surface area contributed by atoms with Crippen molar-refractivity contribution in [1.82, 2.24) is 19.5 Å². The highest BCUT2D eigenvalue weighted by Crippen LogP contribution is 2.32. The zero-order chi connectivity index (χ0) is 15.1. The van der Waals surface area contributed by atoms with E-state index in [1.165, 1.54) is 12.8 Å². The second kappa shape index (κ2) is 5.24. The van der Waals surface area contributed by atoms with Crippen molar-refractivity contribution < 1.29 is 5.11 Å². The first kappa shape index (κ1) is 13.5. The van der Waals surface area contributed by atoms with E-state index in [2.05, 4.69) is 26.3 Å². The van der Waals surface area contributed by atoms with E-state index in [4.69, 9.17) is 5.73 Å². The molecule has 0 bridgehead atoms. The molecule has 2 atom stereocenters. The lowest BCUT2D eigenvalue weighted by molar-refractivity contribution is 0.244. The Morgan fingerprint density at radius 3 is 2.91 bits per heavy atom. The van der Waals surface area contributed by atoms with Crippen LogP contribution in [0.5, 0.6) is 0 Å². The zero-order valence-electron chi connectivity index (χ0n) is 12.3. The summed E-state index contributed by atoms with van der Waals surface area (Å²) in [5, 5.41) is 12.6. The summed E-state index contributed by atoms with van der Waals surface area (Å²) in [4.78, 5) is 13.1. The molecular weight excluding hydrogens is 280 g/mol. The summed E-state index contributed by atoms with van der Waals surface area (Å²) < 4.78 is 2.02. The minimum Gasteiger partial charge on any atom is -0.396 e. The van der Waals surface area contributed by atoms with Crippen molar-refractivity contribution in [3.63, 3.8) is 0 Å². The fourth-order valence-corrected chi connectivity index (χ4v) is 2.96. The van der Waals surface area contributed by atoms with Gasteiger partial charge in [-0.05, 0) is 25.2 Å². The number of anilines is 2. The van der Waals surface area contributed by atoms with Crippen LogP contribution in [-0.4, -0.2) is 37.8 Å². The van der Waals surface area contributed by atoms with E-state index < -0.39 is 0 Å². The molecule has 4 rings (SSSR count). The molecule has 0 saturated heterocycles. The lowest BCUT2D eigenvalue weighted by Gasteiger charge is -2.13. The Kier molecular flexibility index (Phi) is 3.22. The Labute approximate surface area is 128 Å². The summed E-state index contributed by atoms with van der Waals surface area (Å²) in [6.45, 7) is 1.08. The molecule has 22 heavy (non-hydrogen) atoms. The number of nitrogen functional groups attached to an aromatic ring is 1. The van der Waals surface area contributed by atoms with Crippen molar-refractivity contribution in [2.45, 2.75) is 25.3 Å². The first-order valence-corrected chi connectivity index (χ1v) is 7.77. The summed E-state index contributed by atoms with van der Waals surface area (Å²) in [5.41, 5.74) is 7.37. The van der Waals surface area contributed by atoms with Gasteiger partial charge in [0, 0.05) is 19.1 Å². The highest BCUT2D eigenvalue weighted by atomic mass is 16.3. The Morgan fingerprint density at radius 1 is 1.32 bits per heavy atom. The minimum atomic E-state index is 0.160. The lowest BCUT2D eigenvalue weighted by Crippen LogP contribution is -2.10. The molecule has 2 heterocycles. The largest absolute Gasteiger partial charge is 0.396 e. The third-order valence-electron chi connectivity index (χ3n) is 4.44. The van der Waals surface area contributed by atoms with Crippen molar-refractivity contribution in [1.29, 1.82) is 0 Å². The van der Waals surface area contributed by atoms with Crippen LogP contribution in [0.25, 0.3) is 11.2 Å². The monoisotopic (exact) mass is 300 g/mol. The molecule has 0 aliphatic heterocycles. The fraction of sp³-hybridized carbons (Fsp3) is 0.533.